The highest BCUT2D eigenvalue weighted by atomic mass is 16.3. The van der Waals surface area contributed by atoms with Gasteiger partial charge in [-0.2, -0.15) is 0 Å². The molecule has 0 amide bonds. The van der Waals surface area contributed by atoms with Crippen LogP contribution in [-0.4, -0.2) is 18.1 Å². The fourth-order valence-electron chi connectivity index (χ4n) is 4.15. The molecule has 15 heavy (non-hydrogen) atoms. The standard InChI is InChI=1S/C12H18N2O/c15-13-14-9-11-5-1-2-6-12(11,10-14)8-4-3-7-11/h1-2H,3-10H2/t11-,12-/m1/s1. The van der Waals surface area contributed by atoms with Gasteiger partial charge in [0.1, 0.15) is 0 Å². The van der Waals surface area contributed by atoms with Gasteiger partial charge < -0.3 is 0 Å². The van der Waals surface area contributed by atoms with Crippen molar-refractivity contribution in [3.63, 3.8) is 0 Å². The van der Waals surface area contributed by atoms with E-state index in [2.05, 4.69) is 17.4 Å². The van der Waals surface area contributed by atoms with Gasteiger partial charge in [-0.3, -0.25) is 5.01 Å². The molecular weight excluding hydrogens is 188 g/mol. The van der Waals surface area contributed by atoms with Crippen molar-refractivity contribution in [1.29, 1.82) is 0 Å². The summed E-state index contributed by atoms with van der Waals surface area (Å²) in [7, 11) is 0. The van der Waals surface area contributed by atoms with E-state index in [-0.39, 0.29) is 0 Å². The Morgan fingerprint density at radius 3 is 2.00 bits per heavy atom. The predicted molar refractivity (Wildman–Crippen MR) is 59.1 cm³/mol. The molecule has 0 aromatic carbocycles. The van der Waals surface area contributed by atoms with E-state index in [4.69, 9.17) is 0 Å². The molecule has 3 rings (SSSR count). The van der Waals surface area contributed by atoms with Crippen LogP contribution in [0.5, 0.6) is 0 Å². The molecule has 0 N–H and O–H groups in total. The van der Waals surface area contributed by atoms with Crippen LogP contribution in [0.1, 0.15) is 38.5 Å². The first-order valence-electron chi connectivity index (χ1n) is 6.04. The molecule has 0 spiro atoms. The van der Waals surface area contributed by atoms with Crippen LogP contribution in [0.4, 0.5) is 0 Å². The highest BCUT2D eigenvalue weighted by Crippen LogP contribution is 2.61. The van der Waals surface area contributed by atoms with Gasteiger partial charge in [0.05, 0.1) is 5.29 Å². The van der Waals surface area contributed by atoms with Crippen molar-refractivity contribution in [2.75, 3.05) is 13.1 Å². The number of hydrogen-bond donors (Lipinski definition) is 0. The minimum atomic E-state index is 0.383. The lowest BCUT2D eigenvalue weighted by atomic mass is 9.53. The Hall–Kier alpha value is -0.860. The molecule has 1 aliphatic heterocycles. The van der Waals surface area contributed by atoms with Crippen molar-refractivity contribution in [3.8, 4) is 0 Å². The number of nitroso groups, excluding NO2 is 1. The first kappa shape index (κ1) is 9.37. The van der Waals surface area contributed by atoms with E-state index in [1.807, 2.05) is 0 Å². The quantitative estimate of drug-likeness (QED) is 0.488. The Balaban J connectivity index is 1.99. The first-order chi connectivity index (χ1) is 7.30. The predicted octanol–water partition coefficient (Wildman–Crippen LogP) is 2.88. The van der Waals surface area contributed by atoms with Crippen LogP contribution in [0, 0.1) is 15.7 Å². The number of nitrogens with zero attached hydrogens (tertiary/aromatic N) is 2. The van der Waals surface area contributed by atoms with E-state index in [9.17, 15) is 4.91 Å². The summed E-state index contributed by atoms with van der Waals surface area (Å²) in [6.07, 6.45) is 12.2. The normalized spacial score (nSPS) is 43.6. The van der Waals surface area contributed by atoms with Gasteiger partial charge in [0, 0.05) is 23.9 Å². The maximum absolute atomic E-state index is 10.7. The SMILES string of the molecule is O=NN1C[C@]23CC=CC[C@@]2(CCCC3)C1. The van der Waals surface area contributed by atoms with Gasteiger partial charge in [-0.05, 0) is 25.7 Å². The minimum Gasteiger partial charge on any atom is -0.260 e. The molecule has 0 aromatic rings. The third-order valence-electron chi connectivity index (χ3n) is 4.96. The van der Waals surface area contributed by atoms with Crippen molar-refractivity contribution in [3.05, 3.63) is 17.1 Å². The number of hydrogen-bond acceptors (Lipinski definition) is 2. The van der Waals surface area contributed by atoms with E-state index in [0.717, 1.165) is 13.1 Å². The van der Waals surface area contributed by atoms with Gasteiger partial charge in [0.2, 0.25) is 0 Å². The molecule has 0 radical (unpaired) electrons. The van der Waals surface area contributed by atoms with Gasteiger partial charge in [0.25, 0.3) is 0 Å². The molecule has 0 bridgehead atoms. The lowest BCUT2D eigenvalue weighted by molar-refractivity contribution is 0.0342. The molecule has 1 saturated carbocycles. The zero-order valence-electron chi connectivity index (χ0n) is 9.11. The third-order valence-corrected chi connectivity index (χ3v) is 4.96. The molecule has 2 atom stereocenters. The Morgan fingerprint density at radius 1 is 1.00 bits per heavy atom. The molecule has 0 aromatic heterocycles. The molecule has 82 valence electrons. The van der Waals surface area contributed by atoms with Crippen molar-refractivity contribution >= 4 is 0 Å². The van der Waals surface area contributed by atoms with Gasteiger partial charge in [-0.25, -0.2) is 0 Å². The van der Waals surface area contributed by atoms with Crippen LogP contribution in [0.15, 0.2) is 17.4 Å². The minimum absolute atomic E-state index is 0.383. The average Bonchev–Trinajstić information content (AvgIpc) is 2.63. The van der Waals surface area contributed by atoms with Crippen molar-refractivity contribution < 1.29 is 0 Å². The maximum Gasteiger partial charge on any atom is 0.0524 e. The third kappa shape index (κ3) is 1.12. The molecule has 2 fully saturated rings. The van der Waals surface area contributed by atoms with Crippen molar-refractivity contribution in [1.82, 2.24) is 5.01 Å². The van der Waals surface area contributed by atoms with Crippen LogP contribution in [0.2, 0.25) is 0 Å². The zero-order chi connectivity index (χ0) is 10.4. The second-order valence-corrected chi connectivity index (χ2v) is 5.55. The highest BCUT2D eigenvalue weighted by Gasteiger charge is 2.58. The molecule has 3 heteroatoms. The topological polar surface area (TPSA) is 32.7 Å². The molecule has 1 saturated heterocycles. The van der Waals surface area contributed by atoms with E-state index in [1.165, 1.54) is 38.5 Å². The maximum atomic E-state index is 10.7. The highest BCUT2D eigenvalue weighted by molar-refractivity contribution is 5.16. The Labute approximate surface area is 90.5 Å². The number of allylic oxidation sites excluding steroid dienone is 2. The van der Waals surface area contributed by atoms with Crippen LogP contribution in [-0.2, 0) is 0 Å². The fraction of sp³-hybridized carbons (Fsp3) is 0.833. The largest absolute Gasteiger partial charge is 0.260 e. The van der Waals surface area contributed by atoms with Crippen LogP contribution >= 0.6 is 0 Å². The Kier molecular flexibility index (Phi) is 1.91. The summed E-state index contributed by atoms with van der Waals surface area (Å²) < 4.78 is 0. The molecular formula is C12H18N2O. The second-order valence-electron chi connectivity index (χ2n) is 5.55. The summed E-state index contributed by atoms with van der Waals surface area (Å²) in [5.74, 6) is 0. The van der Waals surface area contributed by atoms with Gasteiger partial charge in [-0.1, -0.05) is 25.0 Å². The smallest absolute Gasteiger partial charge is 0.0524 e. The van der Waals surface area contributed by atoms with Crippen molar-refractivity contribution in [2.24, 2.45) is 16.1 Å². The lowest BCUT2D eigenvalue weighted by Crippen LogP contribution is -2.44. The van der Waals surface area contributed by atoms with Crippen LogP contribution < -0.4 is 0 Å². The van der Waals surface area contributed by atoms with E-state index in [1.54, 1.807) is 5.01 Å². The lowest BCUT2D eigenvalue weighted by Gasteiger charge is -2.49. The van der Waals surface area contributed by atoms with Crippen LogP contribution in [0.25, 0.3) is 0 Å². The molecule has 3 nitrogen and oxygen atoms in total. The average molecular weight is 206 g/mol. The summed E-state index contributed by atoms with van der Waals surface area (Å²) >= 11 is 0. The fourth-order valence-corrected chi connectivity index (χ4v) is 4.15. The molecule has 1 heterocycles. The summed E-state index contributed by atoms with van der Waals surface area (Å²) in [4.78, 5) is 10.7. The summed E-state index contributed by atoms with van der Waals surface area (Å²) in [6.45, 7) is 1.81. The van der Waals surface area contributed by atoms with Gasteiger partial charge >= 0.3 is 0 Å². The second kappa shape index (κ2) is 3.06. The van der Waals surface area contributed by atoms with E-state index >= 15 is 0 Å². The van der Waals surface area contributed by atoms with Gasteiger partial charge in [-0.15, -0.1) is 4.91 Å². The Morgan fingerprint density at radius 2 is 1.53 bits per heavy atom. The number of rotatable bonds is 1. The summed E-state index contributed by atoms with van der Waals surface area (Å²) in [5, 5.41) is 4.96. The molecule has 3 aliphatic rings. The monoisotopic (exact) mass is 206 g/mol. The molecule has 0 unspecified atom stereocenters. The van der Waals surface area contributed by atoms with Gasteiger partial charge in [0.15, 0.2) is 0 Å². The molecule has 2 aliphatic carbocycles. The Bertz CT molecular complexity index is 289. The van der Waals surface area contributed by atoms with Crippen molar-refractivity contribution in [2.45, 2.75) is 38.5 Å². The summed E-state index contributed by atoms with van der Waals surface area (Å²) in [6, 6.07) is 0. The first-order valence-corrected chi connectivity index (χ1v) is 6.04. The van der Waals surface area contributed by atoms with E-state index < -0.39 is 0 Å². The zero-order valence-corrected chi connectivity index (χ0v) is 9.11. The van der Waals surface area contributed by atoms with E-state index in [0.29, 0.717) is 10.8 Å². The summed E-state index contributed by atoms with van der Waals surface area (Å²) in [5.41, 5.74) is 0.766. The van der Waals surface area contributed by atoms with Crippen LogP contribution in [0.3, 0.4) is 0 Å².